The first-order valence-corrected chi connectivity index (χ1v) is 8.85. The second-order valence-corrected chi connectivity index (χ2v) is 6.38. The van der Waals surface area contributed by atoms with Crippen molar-refractivity contribution in [1.82, 2.24) is 5.32 Å². The lowest BCUT2D eigenvalue weighted by atomic mass is 10.1. The Morgan fingerprint density at radius 3 is 1.89 bits per heavy atom. The second-order valence-electron chi connectivity index (χ2n) is 6.38. The quantitative estimate of drug-likeness (QED) is 0.732. The summed E-state index contributed by atoms with van der Waals surface area (Å²) in [5.41, 5.74) is 2.92. The Balaban J connectivity index is 1.67. The van der Waals surface area contributed by atoms with Crippen LogP contribution in [0.3, 0.4) is 0 Å². The molecule has 0 bridgehead atoms. The third-order valence-corrected chi connectivity index (χ3v) is 4.49. The largest absolute Gasteiger partial charge is 0.346 e. The maximum atomic E-state index is 12.6. The summed E-state index contributed by atoms with van der Waals surface area (Å²) in [5.74, 6) is -0.285. The third kappa shape index (κ3) is 4.42. The highest BCUT2D eigenvalue weighted by molar-refractivity contribution is 6.06. The van der Waals surface area contributed by atoms with Crippen molar-refractivity contribution in [3.8, 4) is 0 Å². The van der Waals surface area contributed by atoms with Crippen LogP contribution in [0, 0.1) is 0 Å². The number of carbonyl (C=O) groups is 2. The first kappa shape index (κ1) is 18.4. The summed E-state index contributed by atoms with van der Waals surface area (Å²) in [6.07, 6.45) is 0. The van der Waals surface area contributed by atoms with Crippen LogP contribution >= 0.6 is 0 Å². The SMILES string of the molecule is CC(NC(=O)c1ccc(C(=O)N(C)c2ccccc2)cc1)c1ccccc1. The Morgan fingerprint density at radius 1 is 0.778 bits per heavy atom. The van der Waals surface area contributed by atoms with E-state index in [0.717, 1.165) is 11.3 Å². The van der Waals surface area contributed by atoms with Crippen LogP contribution in [0.15, 0.2) is 84.9 Å². The number of carbonyl (C=O) groups excluding carboxylic acids is 2. The van der Waals surface area contributed by atoms with Gasteiger partial charge in [0.15, 0.2) is 0 Å². The van der Waals surface area contributed by atoms with Crippen LogP contribution in [0.25, 0.3) is 0 Å². The zero-order valence-electron chi connectivity index (χ0n) is 15.4. The van der Waals surface area contributed by atoms with E-state index in [4.69, 9.17) is 0 Å². The number of amides is 2. The smallest absolute Gasteiger partial charge is 0.258 e. The van der Waals surface area contributed by atoms with Crippen LogP contribution in [0.2, 0.25) is 0 Å². The molecule has 0 aliphatic heterocycles. The lowest BCUT2D eigenvalue weighted by Crippen LogP contribution is -2.27. The number of hydrogen-bond donors (Lipinski definition) is 1. The molecule has 4 nitrogen and oxygen atoms in total. The van der Waals surface area contributed by atoms with Crippen molar-refractivity contribution < 1.29 is 9.59 Å². The van der Waals surface area contributed by atoms with E-state index in [0.29, 0.717) is 11.1 Å². The predicted molar refractivity (Wildman–Crippen MR) is 108 cm³/mol. The van der Waals surface area contributed by atoms with E-state index in [1.807, 2.05) is 67.6 Å². The lowest BCUT2D eigenvalue weighted by molar-refractivity contribution is 0.0937. The van der Waals surface area contributed by atoms with Crippen LogP contribution in [0.4, 0.5) is 5.69 Å². The zero-order valence-corrected chi connectivity index (χ0v) is 15.4. The predicted octanol–water partition coefficient (Wildman–Crippen LogP) is 4.45. The molecule has 0 aliphatic rings. The van der Waals surface area contributed by atoms with Gasteiger partial charge >= 0.3 is 0 Å². The highest BCUT2D eigenvalue weighted by Crippen LogP contribution is 2.16. The molecular formula is C23H22N2O2. The molecule has 0 spiro atoms. The summed E-state index contributed by atoms with van der Waals surface area (Å²) < 4.78 is 0. The molecule has 0 fully saturated rings. The fourth-order valence-electron chi connectivity index (χ4n) is 2.83. The topological polar surface area (TPSA) is 49.4 Å². The van der Waals surface area contributed by atoms with Crippen LogP contribution in [0.5, 0.6) is 0 Å². The molecule has 1 atom stereocenters. The van der Waals surface area contributed by atoms with Gasteiger partial charge in [-0.2, -0.15) is 0 Å². The number of hydrogen-bond acceptors (Lipinski definition) is 2. The maximum Gasteiger partial charge on any atom is 0.258 e. The van der Waals surface area contributed by atoms with Gasteiger partial charge in [0, 0.05) is 23.9 Å². The van der Waals surface area contributed by atoms with Gasteiger partial charge in [-0.05, 0) is 48.9 Å². The molecule has 3 rings (SSSR count). The standard InChI is InChI=1S/C23H22N2O2/c1-17(18-9-5-3-6-10-18)24-22(26)19-13-15-20(16-14-19)23(27)25(2)21-11-7-4-8-12-21/h3-17H,1-2H3,(H,24,26). The minimum absolute atomic E-state index is 0.0933. The van der Waals surface area contributed by atoms with Gasteiger partial charge in [0.25, 0.3) is 11.8 Å². The monoisotopic (exact) mass is 358 g/mol. The van der Waals surface area contributed by atoms with Crippen LogP contribution in [0.1, 0.15) is 39.2 Å². The molecule has 2 amide bonds. The summed E-state index contributed by atoms with van der Waals surface area (Å²) in [5, 5.41) is 2.98. The average molecular weight is 358 g/mol. The molecular weight excluding hydrogens is 336 g/mol. The Morgan fingerprint density at radius 2 is 1.30 bits per heavy atom. The minimum Gasteiger partial charge on any atom is -0.346 e. The van der Waals surface area contributed by atoms with E-state index < -0.39 is 0 Å². The van der Waals surface area contributed by atoms with E-state index >= 15 is 0 Å². The molecule has 0 aliphatic carbocycles. The van der Waals surface area contributed by atoms with Gasteiger partial charge in [0.05, 0.1) is 6.04 Å². The van der Waals surface area contributed by atoms with Gasteiger partial charge in [-0.25, -0.2) is 0 Å². The Hall–Kier alpha value is -3.40. The van der Waals surface area contributed by atoms with Crippen molar-refractivity contribution in [2.45, 2.75) is 13.0 Å². The van der Waals surface area contributed by atoms with Crippen molar-refractivity contribution in [1.29, 1.82) is 0 Å². The number of para-hydroxylation sites is 1. The second kappa shape index (κ2) is 8.32. The van der Waals surface area contributed by atoms with Gasteiger partial charge in [-0.15, -0.1) is 0 Å². The molecule has 0 saturated carbocycles. The first-order valence-electron chi connectivity index (χ1n) is 8.85. The van der Waals surface area contributed by atoms with Crippen molar-refractivity contribution in [2.75, 3.05) is 11.9 Å². The van der Waals surface area contributed by atoms with E-state index in [-0.39, 0.29) is 17.9 Å². The van der Waals surface area contributed by atoms with Crippen molar-refractivity contribution >= 4 is 17.5 Å². The first-order chi connectivity index (χ1) is 13.1. The summed E-state index contributed by atoms with van der Waals surface area (Å²) in [6.45, 7) is 1.94. The Kier molecular flexibility index (Phi) is 5.67. The van der Waals surface area contributed by atoms with Crippen LogP contribution < -0.4 is 10.2 Å². The van der Waals surface area contributed by atoms with E-state index in [1.54, 1.807) is 36.2 Å². The van der Waals surface area contributed by atoms with Gasteiger partial charge in [-0.3, -0.25) is 9.59 Å². The van der Waals surface area contributed by atoms with Crippen molar-refractivity contribution in [3.05, 3.63) is 102 Å². The number of rotatable bonds is 5. The highest BCUT2D eigenvalue weighted by Gasteiger charge is 2.15. The molecule has 0 saturated heterocycles. The molecule has 0 aromatic heterocycles. The molecule has 4 heteroatoms. The molecule has 0 radical (unpaired) electrons. The summed E-state index contributed by atoms with van der Waals surface area (Å²) in [7, 11) is 1.74. The molecule has 1 unspecified atom stereocenters. The van der Waals surface area contributed by atoms with Gasteiger partial charge in [0.2, 0.25) is 0 Å². The molecule has 136 valence electrons. The normalized spacial score (nSPS) is 11.5. The molecule has 3 aromatic carbocycles. The van der Waals surface area contributed by atoms with E-state index in [9.17, 15) is 9.59 Å². The lowest BCUT2D eigenvalue weighted by Gasteiger charge is -2.18. The van der Waals surface area contributed by atoms with E-state index in [2.05, 4.69) is 5.32 Å². The molecule has 3 aromatic rings. The van der Waals surface area contributed by atoms with Crippen LogP contribution in [-0.4, -0.2) is 18.9 Å². The minimum atomic E-state index is -0.165. The number of anilines is 1. The molecule has 0 heterocycles. The van der Waals surface area contributed by atoms with Crippen molar-refractivity contribution in [3.63, 3.8) is 0 Å². The number of benzene rings is 3. The van der Waals surface area contributed by atoms with Crippen LogP contribution in [-0.2, 0) is 0 Å². The molecule has 1 N–H and O–H groups in total. The van der Waals surface area contributed by atoms with Gasteiger partial charge in [-0.1, -0.05) is 48.5 Å². The fraction of sp³-hybridized carbons (Fsp3) is 0.130. The van der Waals surface area contributed by atoms with E-state index in [1.165, 1.54) is 0 Å². The third-order valence-electron chi connectivity index (χ3n) is 4.49. The maximum absolute atomic E-state index is 12.6. The average Bonchev–Trinajstić information content (AvgIpc) is 2.74. The summed E-state index contributed by atoms with van der Waals surface area (Å²) in [4.78, 5) is 26.7. The highest BCUT2D eigenvalue weighted by atomic mass is 16.2. The van der Waals surface area contributed by atoms with Crippen molar-refractivity contribution in [2.24, 2.45) is 0 Å². The van der Waals surface area contributed by atoms with Gasteiger partial charge < -0.3 is 10.2 Å². The summed E-state index contributed by atoms with van der Waals surface area (Å²) >= 11 is 0. The Labute approximate surface area is 159 Å². The van der Waals surface area contributed by atoms with Gasteiger partial charge in [0.1, 0.15) is 0 Å². The Bertz CT molecular complexity index is 906. The number of nitrogens with zero attached hydrogens (tertiary/aromatic N) is 1. The fourth-order valence-corrected chi connectivity index (χ4v) is 2.83. The number of nitrogens with one attached hydrogen (secondary N) is 1. The molecule has 27 heavy (non-hydrogen) atoms. The zero-order chi connectivity index (χ0) is 19.2. The summed E-state index contributed by atoms with van der Waals surface area (Å²) in [6, 6.07) is 25.9.